The van der Waals surface area contributed by atoms with Crippen LogP contribution in [0, 0.1) is 0 Å². The van der Waals surface area contributed by atoms with Gasteiger partial charge < -0.3 is 10.2 Å². The van der Waals surface area contributed by atoms with Crippen molar-refractivity contribution < 1.29 is 18.0 Å². The number of carbonyl (C=O) groups excluding carboxylic acids is 2. The van der Waals surface area contributed by atoms with Crippen LogP contribution in [0.2, 0.25) is 10.0 Å². The summed E-state index contributed by atoms with van der Waals surface area (Å²) in [4.78, 5) is 29.0. The number of rotatable bonds is 11. The highest BCUT2D eigenvalue weighted by Crippen LogP contribution is 2.30. The number of hydrogen-bond donors (Lipinski definition) is 1. The van der Waals surface area contributed by atoms with E-state index < -0.39 is 28.5 Å². The molecule has 0 saturated heterocycles. The molecule has 2 amide bonds. The molecule has 1 fully saturated rings. The summed E-state index contributed by atoms with van der Waals surface area (Å²) in [5, 5.41) is 3.96. The van der Waals surface area contributed by atoms with Crippen LogP contribution in [0.4, 0.5) is 5.69 Å². The summed E-state index contributed by atoms with van der Waals surface area (Å²) in [6.45, 7) is 5.38. The van der Waals surface area contributed by atoms with Crippen LogP contribution in [0.3, 0.4) is 0 Å². The Morgan fingerprint density at radius 1 is 1.05 bits per heavy atom. The summed E-state index contributed by atoms with van der Waals surface area (Å²) in [5.74, 6) is -0.693. The fourth-order valence-corrected chi connectivity index (χ4v) is 6.43. The minimum atomic E-state index is -3.82. The molecule has 0 bridgehead atoms. The van der Waals surface area contributed by atoms with Crippen LogP contribution in [0.5, 0.6) is 0 Å². The second-order valence-corrected chi connectivity index (χ2v) is 13.3. The first kappa shape index (κ1) is 31.2. The maximum Gasteiger partial charge on any atom is 0.244 e. The van der Waals surface area contributed by atoms with Crippen LogP contribution < -0.4 is 9.62 Å². The minimum absolute atomic E-state index is 0.0363. The van der Waals surface area contributed by atoms with Gasteiger partial charge in [-0.1, -0.05) is 87.5 Å². The summed E-state index contributed by atoms with van der Waals surface area (Å²) in [6.07, 6.45) is 6.54. The van der Waals surface area contributed by atoms with Gasteiger partial charge in [0.1, 0.15) is 12.6 Å². The second kappa shape index (κ2) is 13.9. The molecule has 0 heterocycles. The SMILES string of the molecule is CC[C@@H](C(=O)NC1CCCCC1)N(Cc1ccc(Cl)cc1Cl)C(=O)CN(c1ccccc1C(C)C)S(C)(=O)=O. The van der Waals surface area contributed by atoms with Crippen molar-refractivity contribution in [1.82, 2.24) is 10.2 Å². The molecule has 39 heavy (non-hydrogen) atoms. The molecule has 0 aliphatic heterocycles. The average Bonchev–Trinajstić information content (AvgIpc) is 2.88. The summed E-state index contributed by atoms with van der Waals surface area (Å²) in [7, 11) is -3.82. The molecule has 0 unspecified atom stereocenters. The van der Waals surface area contributed by atoms with Gasteiger partial charge >= 0.3 is 0 Å². The number of hydrogen-bond acceptors (Lipinski definition) is 4. The summed E-state index contributed by atoms with van der Waals surface area (Å²) < 4.78 is 27.1. The van der Waals surface area contributed by atoms with Crippen molar-refractivity contribution in [1.29, 1.82) is 0 Å². The van der Waals surface area contributed by atoms with E-state index in [9.17, 15) is 18.0 Å². The predicted octanol–water partition coefficient (Wildman–Crippen LogP) is 6.14. The van der Waals surface area contributed by atoms with E-state index in [1.807, 2.05) is 32.9 Å². The highest BCUT2D eigenvalue weighted by Gasteiger charge is 2.33. The zero-order valence-electron chi connectivity index (χ0n) is 23.1. The molecule has 1 aliphatic carbocycles. The van der Waals surface area contributed by atoms with Gasteiger partial charge in [-0.15, -0.1) is 0 Å². The maximum absolute atomic E-state index is 14.0. The van der Waals surface area contributed by atoms with Gasteiger partial charge in [-0.3, -0.25) is 13.9 Å². The lowest BCUT2D eigenvalue weighted by molar-refractivity contribution is -0.140. The molecule has 1 N–H and O–H groups in total. The Bertz CT molecular complexity index is 1260. The van der Waals surface area contributed by atoms with Crippen molar-refractivity contribution in [2.75, 3.05) is 17.1 Å². The van der Waals surface area contributed by atoms with E-state index in [2.05, 4.69) is 5.32 Å². The number of sulfonamides is 1. The van der Waals surface area contributed by atoms with Gasteiger partial charge in [-0.25, -0.2) is 8.42 Å². The zero-order valence-corrected chi connectivity index (χ0v) is 25.5. The third-order valence-electron chi connectivity index (χ3n) is 7.20. The lowest BCUT2D eigenvalue weighted by Gasteiger charge is -2.35. The van der Waals surface area contributed by atoms with Crippen molar-refractivity contribution in [3.8, 4) is 0 Å². The van der Waals surface area contributed by atoms with Crippen molar-refractivity contribution in [3.05, 3.63) is 63.6 Å². The number of para-hydroxylation sites is 1. The first-order valence-corrected chi connectivity index (χ1v) is 16.1. The van der Waals surface area contributed by atoms with E-state index in [0.29, 0.717) is 27.7 Å². The summed E-state index contributed by atoms with van der Waals surface area (Å²) in [5.41, 5.74) is 1.88. The Labute approximate surface area is 242 Å². The number of anilines is 1. The minimum Gasteiger partial charge on any atom is -0.352 e. The lowest BCUT2D eigenvalue weighted by atomic mass is 9.95. The first-order chi connectivity index (χ1) is 18.4. The van der Waals surface area contributed by atoms with Crippen LogP contribution in [-0.2, 0) is 26.2 Å². The van der Waals surface area contributed by atoms with Crippen molar-refractivity contribution in [2.45, 2.75) is 83.8 Å². The molecule has 1 atom stereocenters. The molecule has 1 saturated carbocycles. The number of amides is 2. The van der Waals surface area contributed by atoms with Crippen LogP contribution in [0.25, 0.3) is 0 Å². The largest absolute Gasteiger partial charge is 0.352 e. The molecule has 0 aromatic heterocycles. The van der Waals surface area contributed by atoms with Crippen LogP contribution in [-0.4, -0.2) is 50.0 Å². The molecule has 214 valence electrons. The van der Waals surface area contributed by atoms with Gasteiger partial charge in [0.05, 0.1) is 11.9 Å². The topological polar surface area (TPSA) is 86.8 Å². The molecule has 7 nitrogen and oxygen atoms in total. The van der Waals surface area contributed by atoms with E-state index >= 15 is 0 Å². The van der Waals surface area contributed by atoms with Gasteiger partial charge in [0.25, 0.3) is 0 Å². The molecule has 2 aromatic rings. The van der Waals surface area contributed by atoms with Crippen LogP contribution >= 0.6 is 23.2 Å². The van der Waals surface area contributed by atoms with Gasteiger partial charge in [-0.05, 0) is 54.5 Å². The Balaban J connectivity index is 1.98. The maximum atomic E-state index is 14.0. The standard InChI is InChI=1S/C29H39Cl2N3O4S/c1-5-26(29(36)32-23-11-7-6-8-12-23)33(18-21-15-16-22(30)17-25(21)31)28(35)19-34(39(4,37)38)27-14-10-9-13-24(27)20(2)3/h9-10,13-17,20,23,26H,5-8,11-12,18-19H2,1-4H3,(H,32,36)/t26-/m0/s1. The fraction of sp³-hybridized carbons (Fsp3) is 0.517. The van der Waals surface area contributed by atoms with E-state index in [4.69, 9.17) is 23.2 Å². The van der Waals surface area contributed by atoms with Gasteiger partial charge in [0, 0.05) is 22.6 Å². The molecule has 10 heteroatoms. The number of nitrogens with one attached hydrogen (secondary N) is 1. The van der Waals surface area contributed by atoms with Crippen molar-refractivity contribution in [3.63, 3.8) is 0 Å². The number of carbonyl (C=O) groups is 2. The first-order valence-electron chi connectivity index (χ1n) is 13.5. The highest BCUT2D eigenvalue weighted by molar-refractivity contribution is 7.92. The quantitative estimate of drug-likeness (QED) is 0.338. The fourth-order valence-electron chi connectivity index (χ4n) is 5.09. The summed E-state index contributed by atoms with van der Waals surface area (Å²) >= 11 is 12.6. The number of nitrogens with zero attached hydrogens (tertiary/aromatic N) is 2. The highest BCUT2D eigenvalue weighted by atomic mass is 35.5. The number of benzene rings is 2. The normalized spacial score (nSPS) is 15.2. The van der Waals surface area contributed by atoms with Gasteiger partial charge in [-0.2, -0.15) is 0 Å². The molecule has 1 aliphatic rings. The zero-order chi connectivity index (χ0) is 28.7. The van der Waals surface area contributed by atoms with E-state index in [-0.39, 0.29) is 24.4 Å². The van der Waals surface area contributed by atoms with E-state index in [0.717, 1.165) is 48.2 Å². The summed E-state index contributed by atoms with van der Waals surface area (Å²) in [6, 6.07) is 11.4. The van der Waals surface area contributed by atoms with Gasteiger partial charge in [0.2, 0.25) is 21.8 Å². The molecular weight excluding hydrogens is 557 g/mol. The van der Waals surface area contributed by atoms with Crippen molar-refractivity contribution in [2.24, 2.45) is 0 Å². The van der Waals surface area contributed by atoms with Crippen LogP contribution in [0.15, 0.2) is 42.5 Å². The average molecular weight is 597 g/mol. The Kier molecular flexibility index (Phi) is 11.1. The Hall–Kier alpha value is -2.29. The molecule has 0 radical (unpaired) electrons. The van der Waals surface area contributed by atoms with Gasteiger partial charge in [0.15, 0.2) is 0 Å². The second-order valence-electron chi connectivity index (χ2n) is 10.5. The predicted molar refractivity (Wildman–Crippen MR) is 159 cm³/mol. The lowest BCUT2D eigenvalue weighted by Crippen LogP contribution is -2.54. The smallest absolute Gasteiger partial charge is 0.244 e. The Morgan fingerprint density at radius 3 is 2.31 bits per heavy atom. The molecule has 0 spiro atoms. The van der Waals surface area contributed by atoms with Crippen molar-refractivity contribution >= 4 is 50.7 Å². The Morgan fingerprint density at radius 2 is 1.72 bits per heavy atom. The van der Waals surface area contributed by atoms with E-state index in [1.54, 1.807) is 30.3 Å². The van der Waals surface area contributed by atoms with E-state index in [1.165, 1.54) is 4.90 Å². The third kappa shape index (κ3) is 8.35. The monoisotopic (exact) mass is 595 g/mol. The third-order valence-corrected chi connectivity index (χ3v) is 8.91. The molecule has 2 aromatic carbocycles. The molecular formula is C29H39Cl2N3O4S. The van der Waals surface area contributed by atoms with Crippen LogP contribution in [0.1, 0.15) is 76.3 Å². The molecule has 3 rings (SSSR count). The number of halogens is 2.